The number of nitrogens with one attached hydrogen (secondary N) is 1. The first kappa shape index (κ1) is 19.0. The molecule has 2 heterocycles. The van der Waals surface area contributed by atoms with Gasteiger partial charge >= 0.3 is 6.03 Å². The van der Waals surface area contributed by atoms with Crippen LogP contribution < -0.4 is 10.1 Å². The van der Waals surface area contributed by atoms with Crippen LogP contribution in [0.2, 0.25) is 0 Å². The van der Waals surface area contributed by atoms with Crippen molar-refractivity contribution in [1.29, 1.82) is 0 Å². The molecular weight excluding hydrogens is 386 g/mol. The molecule has 1 N–H and O–H groups in total. The van der Waals surface area contributed by atoms with E-state index in [0.29, 0.717) is 24.6 Å². The van der Waals surface area contributed by atoms with Crippen molar-refractivity contribution in [2.45, 2.75) is 13.1 Å². The van der Waals surface area contributed by atoms with Gasteiger partial charge in [0, 0.05) is 13.6 Å². The van der Waals surface area contributed by atoms with Crippen molar-refractivity contribution in [2.24, 2.45) is 0 Å². The fraction of sp³-hybridized carbons (Fsp3) is 0.182. The summed E-state index contributed by atoms with van der Waals surface area (Å²) in [6, 6.07) is 19.2. The van der Waals surface area contributed by atoms with Crippen LogP contribution in [-0.2, 0) is 13.1 Å². The molecule has 29 heavy (non-hydrogen) atoms. The number of ether oxygens (including phenoxy) is 1. The zero-order chi connectivity index (χ0) is 20.2. The molecule has 0 bridgehead atoms. The van der Waals surface area contributed by atoms with Crippen LogP contribution in [0.5, 0.6) is 5.75 Å². The zero-order valence-electron chi connectivity index (χ0n) is 16.2. The molecular formula is C22H21N3O3S. The Morgan fingerprint density at radius 1 is 1.14 bits per heavy atom. The Morgan fingerprint density at radius 3 is 2.69 bits per heavy atom. The van der Waals surface area contributed by atoms with Crippen LogP contribution in [-0.4, -0.2) is 30.1 Å². The minimum atomic E-state index is -0.168. The molecule has 0 radical (unpaired) electrons. The van der Waals surface area contributed by atoms with Crippen molar-refractivity contribution >= 4 is 27.6 Å². The molecule has 0 fully saturated rings. The SMILES string of the molecule is COc1ccc(CN(C)C(=O)NCc2ccc(-c3nc4ccccc4s3)o2)cc1. The summed E-state index contributed by atoms with van der Waals surface area (Å²) >= 11 is 1.59. The summed E-state index contributed by atoms with van der Waals surface area (Å²) in [4.78, 5) is 18.6. The Morgan fingerprint density at radius 2 is 1.93 bits per heavy atom. The van der Waals surface area contributed by atoms with Crippen LogP contribution in [0, 0.1) is 0 Å². The van der Waals surface area contributed by atoms with Gasteiger partial charge in [0.25, 0.3) is 0 Å². The first-order valence-corrected chi connectivity index (χ1v) is 10.0. The first-order chi connectivity index (χ1) is 14.1. The molecule has 7 heteroatoms. The number of nitrogens with zero attached hydrogens (tertiary/aromatic N) is 2. The Balaban J connectivity index is 1.34. The molecule has 6 nitrogen and oxygen atoms in total. The van der Waals surface area contributed by atoms with Gasteiger partial charge in [0.1, 0.15) is 11.5 Å². The summed E-state index contributed by atoms with van der Waals surface area (Å²) in [5, 5.41) is 3.72. The van der Waals surface area contributed by atoms with Crippen molar-refractivity contribution in [3.8, 4) is 16.5 Å². The second kappa shape index (κ2) is 8.36. The number of fused-ring (bicyclic) bond motifs is 1. The van der Waals surface area contributed by atoms with Crippen LogP contribution in [0.15, 0.2) is 65.1 Å². The van der Waals surface area contributed by atoms with E-state index in [2.05, 4.69) is 10.3 Å². The topological polar surface area (TPSA) is 67.6 Å². The Labute approximate surface area is 172 Å². The average Bonchev–Trinajstić information content (AvgIpc) is 3.39. The molecule has 148 valence electrons. The van der Waals surface area contributed by atoms with E-state index in [1.54, 1.807) is 30.4 Å². The maximum Gasteiger partial charge on any atom is 0.317 e. The van der Waals surface area contributed by atoms with Gasteiger partial charge in [0.15, 0.2) is 10.8 Å². The van der Waals surface area contributed by atoms with Crippen molar-refractivity contribution in [3.05, 3.63) is 72.0 Å². The second-order valence-corrected chi connectivity index (χ2v) is 7.65. The fourth-order valence-corrected chi connectivity index (χ4v) is 3.87. The number of hydrogen-bond donors (Lipinski definition) is 1. The zero-order valence-corrected chi connectivity index (χ0v) is 17.0. The lowest BCUT2D eigenvalue weighted by Gasteiger charge is -2.17. The van der Waals surface area contributed by atoms with Gasteiger partial charge in [-0.1, -0.05) is 24.3 Å². The van der Waals surface area contributed by atoms with Crippen LogP contribution in [0.4, 0.5) is 4.79 Å². The van der Waals surface area contributed by atoms with Gasteiger partial charge in [-0.25, -0.2) is 9.78 Å². The average molecular weight is 407 g/mol. The number of urea groups is 1. The number of aromatic nitrogens is 1. The quantitative estimate of drug-likeness (QED) is 0.493. The Kier molecular flexibility index (Phi) is 5.48. The van der Waals surface area contributed by atoms with Gasteiger partial charge in [-0.05, 0) is 42.0 Å². The van der Waals surface area contributed by atoms with Gasteiger partial charge in [0.2, 0.25) is 0 Å². The lowest BCUT2D eigenvalue weighted by Crippen LogP contribution is -2.36. The highest BCUT2D eigenvalue weighted by Gasteiger charge is 2.13. The van der Waals surface area contributed by atoms with E-state index < -0.39 is 0 Å². The number of amides is 2. The monoisotopic (exact) mass is 407 g/mol. The molecule has 2 aromatic carbocycles. The summed E-state index contributed by atoms with van der Waals surface area (Å²) in [7, 11) is 3.39. The molecule has 0 aliphatic heterocycles. The standard InChI is InChI=1S/C22H21N3O3S/c1-25(14-15-7-9-16(27-2)10-8-15)22(26)23-13-17-11-12-19(28-17)21-24-18-5-3-4-6-20(18)29-21/h3-12H,13-14H2,1-2H3,(H,23,26). The number of rotatable bonds is 6. The number of furan rings is 1. The van der Waals surface area contributed by atoms with E-state index in [0.717, 1.165) is 26.5 Å². The summed E-state index contributed by atoms with van der Waals surface area (Å²) < 4.78 is 12.1. The maximum absolute atomic E-state index is 12.4. The van der Waals surface area contributed by atoms with Crippen molar-refractivity contribution in [1.82, 2.24) is 15.2 Å². The molecule has 0 unspecified atom stereocenters. The Hall–Kier alpha value is -3.32. The molecule has 0 saturated carbocycles. The lowest BCUT2D eigenvalue weighted by atomic mass is 10.2. The molecule has 0 spiro atoms. The number of benzene rings is 2. The van der Waals surface area contributed by atoms with Crippen molar-refractivity contribution in [2.75, 3.05) is 14.2 Å². The normalized spacial score (nSPS) is 10.8. The smallest absolute Gasteiger partial charge is 0.317 e. The molecule has 0 atom stereocenters. The predicted octanol–water partition coefficient (Wildman–Crippen LogP) is 4.91. The highest BCUT2D eigenvalue weighted by Crippen LogP contribution is 2.31. The van der Waals surface area contributed by atoms with Crippen LogP contribution in [0.1, 0.15) is 11.3 Å². The fourth-order valence-electron chi connectivity index (χ4n) is 2.94. The van der Waals surface area contributed by atoms with E-state index in [1.165, 1.54) is 0 Å². The van der Waals surface area contributed by atoms with Gasteiger partial charge in [0.05, 0.1) is 23.9 Å². The van der Waals surface area contributed by atoms with Crippen molar-refractivity contribution in [3.63, 3.8) is 0 Å². The third-order valence-corrected chi connectivity index (χ3v) is 5.56. The summed E-state index contributed by atoms with van der Waals surface area (Å²) in [6.07, 6.45) is 0. The van der Waals surface area contributed by atoms with Gasteiger partial charge in [-0.2, -0.15) is 0 Å². The highest BCUT2D eigenvalue weighted by atomic mass is 32.1. The molecule has 0 aliphatic carbocycles. The van der Waals surface area contributed by atoms with Crippen LogP contribution >= 0.6 is 11.3 Å². The molecule has 0 saturated heterocycles. The number of thiazole rings is 1. The third-order valence-electron chi connectivity index (χ3n) is 4.51. The minimum Gasteiger partial charge on any atom is -0.497 e. The van der Waals surface area contributed by atoms with E-state index in [-0.39, 0.29) is 6.03 Å². The molecule has 2 amide bonds. The number of carbonyl (C=O) groups is 1. The van der Waals surface area contributed by atoms with E-state index >= 15 is 0 Å². The molecule has 4 rings (SSSR count). The number of hydrogen-bond acceptors (Lipinski definition) is 5. The number of carbonyl (C=O) groups excluding carboxylic acids is 1. The van der Waals surface area contributed by atoms with Crippen molar-refractivity contribution < 1.29 is 13.9 Å². The summed E-state index contributed by atoms with van der Waals surface area (Å²) in [5.74, 6) is 2.19. The molecule has 2 aromatic heterocycles. The van der Waals surface area contributed by atoms with Gasteiger partial charge < -0.3 is 19.4 Å². The maximum atomic E-state index is 12.4. The minimum absolute atomic E-state index is 0.168. The van der Waals surface area contributed by atoms with Gasteiger partial charge in [-0.3, -0.25) is 0 Å². The number of para-hydroxylation sites is 1. The van der Waals surface area contributed by atoms with Gasteiger partial charge in [-0.15, -0.1) is 11.3 Å². The second-order valence-electron chi connectivity index (χ2n) is 6.62. The Bertz CT molecular complexity index is 1080. The molecule has 0 aliphatic rings. The summed E-state index contributed by atoms with van der Waals surface area (Å²) in [6.45, 7) is 0.821. The van der Waals surface area contributed by atoms with E-state index in [1.807, 2.05) is 60.7 Å². The third kappa shape index (κ3) is 4.41. The first-order valence-electron chi connectivity index (χ1n) is 9.19. The lowest BCUT2D eigenvalue weighted by molar-refractivity contribution is 0.205. The molecule has 4 aromatic rings. The van der Waals surface area contributed by atoms with Crippen LogP contribution in [0.25, 0.3) is 21.0 Å². The predicted molar refractivity (Wildman–Crippen MR) is 114 cm³/mol. The largest absolute Gasteiger partial charge is 0.497 e. The highest BCUT2D eigenvalue weighted by molar-refractivity contribution is 7.21. The van der Waals surface area contributed by atoms with E-state index in [9.17, 15) is 4.79 Å². The number of methoxy groups -OCH3 is 1. The van der Waals surface area contributed by atoms with E-state index in [4.69, 9.17) is 9.15 Å². The van der Waals surface area contributed by atoms with Crippen LogP contribution in [0.3, 0.4) is 0 Å². The summed E-state index contributed by atoms with van der Waals surface area (Å²) in [5.41, 5.74) is 1.98.